The largest absolute Gasteiger partial charge is 0.461 e. The molecule has 0 radical (unpaired) electrons. The van der Waals surface area contributed by atoms with Gasteiger partial charge in [-0.15, -0.1) is 0 Å². The summed E-state index contributed by atoms with van der Waals surface area (Å²) in [6, 6.07) is 5.01. The summed E-state index contributed by atoms with van der Waals surface area (Å²) in [6.07, 6.45) is 5.53. The van der Waals surface area contributed by atoms with Crippen molar-refractivity contribution in [1.82, 2.24) is 34.1 Å². The van der Waals surface area contributed by atoms with Crippen LogP contribution in [0, 0.1) is 5.82 Å². The number of ether oxygens (including phenoxy) is 3. The second kappa shape index (κ2) is 13.6. The molecule has 9 rings (SSSR count). The van der Waals surface area contributed by atoms with E-state index in [4.69, 9.17) is 29.2 Å². The fraction of sp³-hybridized carbons (Fsp3) is 0.550. The lowest BCUT2D eigenvalue weighted by Gasteiger charge is -2.42. The molecular formula is C40H47F2N9O5S. The van der Waals surface area contributed by atoms with Gasteiger partial charge in [0.2, 0.25) is 0 Å². The molecule has 0 aliphatic carbocycles. The Balaban J connectivity index is 1.15. The maximum atomic E-state index is 15.4. The van der Waals surface area contributed by atoms with Crippen molar-refractivity contribution in [3.05, 3.63) is 36.4 Å². The predicted octanol–water partition coefficient (Wildman–Crippen LogP) is 7.58. The van der Waals surface area contributed by atoms with Crippen LogP contribution in [-0.2, 0) is 9.47 Å². The lowest BCUT2D eigenvalue weighted by atomic mass is 9.95. The molecule has 1 N–H and O–H groups in total. The number of likely N-dealkylation sites (tertiary alicyclic amines) is 1. The molecule has 1 aromatic carbocycles. The fourth-order valence-electron chi connectivity index (χ4n) is 9.11. The Morgan fingerprint density at radius 1 is 1.00 bits per heavy atom. The van der Waals surface area contributed by atoms with Gasteiger partial charge in [-0.2, -0.15) is 9.97 Å². The second-order valence-electron chi connectivity index (χ2n) is 17.7. The van der Waals surface area contributed by atoms with E-state index >= 15 is 4.39 Å². The summed E-state index contributed by atoms with van der Waals surface area (Å²) in [6.45, 7) is 13.3. The van der Waals surface area contributed by atoms with Crippen LogP contribution in [0.1, 0.15) is 73.6 Å². The highest BCUT2D eigenvalue weighted by Gasteiger charge is 2.50. The Morgan fingerprint density at radius 2 is 1.75 bits per heavy atom. The van der Waals surface area contributed by atoms with E-state index in [0.717, 1.165) is 43.6 Å². The Hall–Kier alpha value is -4.90. The highest BCUT2D eigenvalue weighted by Crippen LogP contribution is 2.44. The molecule has 4 atom stereocenters. The van der Waals surface area contributed by atoms with E-state index in [0.29, 0.717) is 65.2 Å². The van der Waals surface area contributed by atoms with Gasteiger partial charge < -0.3 is 24.0 Å². The van der Waals surface area contributed by atoms with Gasteiger partial charge in [-0.1, -0.05) is 11.3 Å². The molecule has 4 aromatic heterocycles. The minimum atomic E-state index is -0.908. The van der Waals surface area contributed by atoms with Crippen LogP contribution in [0.4, 0.5) is 29.3 Å². The molecule has 0 saturated carbocycles. The van der Waals surface area contributed by atoms with E-state index in [1.165, 1.54) is 6.07 Å². The lowest BCUT2D eigenvalue weighted by Crippen LogP contribution is -2.56. The summed E-state index contributed by atoms with van der Waals surface area (Å²) < 4.78 is 50.0. The van der Waals surface area contributed by atoms with Crippen molar-refractivity contribution in [2.75, 3.05) is 43.0 Å². The molecule has 57 heavy (non-hydrogen) atoms. The number of thiazole rings is 1. The maximum Gasteiger partial charge on any atom is 0.413 e. The molecule has 14 nitrogen and oxygen atoms in total. The number of carbonyl (C=O) groups excluding carboxylic acids is 2. The van der Waals surface area contributed by atoms with E-state index in [1.807, 2.05) is 37.4 Å². The van der Waals surface area contributed by atoms with Crippen molar-refractivity contribution in [2.24, 2.45) is 0 Å². The van der Waals surface area contributed by atoms with E-state index in [-0.39, 0.29) is 40.6 Å². The number of anilines is 2. The predicted molar refractivity (Wildman–Crippen MR) is 212 cm³/mol. The van der Waals surface area contributed by atoms with Crippen LogP contribution in [-0.4, -0.2) is 114 Å². The van der Waals surface area contributed by atoms with Crippen LogP contribution in [0.2, 0.25) is 0 Å². The number of piperazine rings is 1. The molecular weight excluding hydrogens is 757 g/mol. The molecule has 2 amide bonds. The summed E-state index contributed by atoms with van der Waals surface area (Å²) >= 11 is 1.01. The summed E-state index contributed by atoms with van der Waals surface area (Å²) in [4.78, 5) is 51.7. The molecule has 0 spiro atoms. The first-order valence-electron chi connectivity index (χ1n) is 19.6. The molecule has 8 heterocycles. The van der Waals surface area contributed by atoms with Gasteiger partial charge in [0.15, 0.2) is 10.9 Å². The number of fused-ring (bicyclic) bond motifs is 7. The normalized spacial score (nSPS) is 23.8. The average molecular weight is 804 g/mol. The van der Waals surface area contributed by atoms with E-state index < -0.39 is 34.8 Å². The zero-order chi connectivity index (χ0) is 40.0. The zero-order valence-corrected chi connectivity index (χ0v) is 33.8. The number of pyridine rings is 1. The molecule has 2 bridgehead atoms. The van der Waals surface area contributed by atoms with Gasteiger partial charge in [-0.3, -0.25) is 14.6 Å². The van der Waals surface area contributed by atoms with E-state index in [9.17, 15) is 14.0 Å². The number of amides is 2. The number of hydrogen-bond acceptors (Lipinski definition) is 12. The Kier molecular flexibility index (Phi) is 8.99. The topological polar surface area (TPSA) is 140 Å². The Bertz CT molecular complexity index is 2400. The summed E-state index contributed by atoms with van der Waals surface area (Å²) in [5.74, 6) is 0.172. The highest BCUT2D eigenvalue weighted by atomic mass is 32.1. The number of benzene rings is 1. The van der Waals surface area contributed by atoms with E-state index in [1.54, 1.807) is 37.9 Å². The summed E-state index contributed by atoms with van der Waals surface area (Å²) in [5, 5.41) is 2.84. The second-order valence-corrected chi connectivity index (χ2v) is 18.7. The van der Waals surface area contributed by atoms with Crippen LogP contribution in [0.15, 0.2) is 30.6 Å². The smallest absolute Gasteiger partial charge is 0.413 e. The van der Waals surface area contributed by atoms with Crippen molar-refractivity contribution in [1.29, 1.82) is 0 Å². The number of nitrogens with one attached hydrogen (secondary N) is 1. The summed E-state index contributed by atoms with van der Waals surface area (Å²) in [7, 11) is 0. The van der Waals surface area contributed by atoms with Crippen molar-refractivity contribution >= 4 is 61.4 Å². The monoisotopic (exact) mass is 803 g/mol. The number of imidazole rings is 1. The van der Waals surface area contributed by atoms with E-state index in [2.05, 4.69) is 20.1 Å². The number of rotatable bonds is 6. The first kappa shape index (κ1) is 37.7. The van der Waals surface area contributed by atoms with Crippen LogP contribution in [0.3, 0.4) is 0 Å². The molecule has 17 heteroatoms. The van der Waals surface area contributed by atoms with Crippen LogP contribution < -0.4 is 15.0 Å². The molecule has 5 aromatic rings. The maximum absolute atomic E-state index is 15.4. The number of halogens is 2. The summed E-state index contributed by atoms with van der Waals surface area (Å²) in [5.41, 5.74) is 1.65. The first-order valence-corrected chi connectivity index (χ1v) is 20.4. The third-order valence-electron chi connectivity index (χ3n) is 11.3. The van der Waals surface area contributed by atoms with Gasteiger partial charge in [0, 0.05) is 61.7 Å². The van der Waals surface area contributed by atoms with Crippen molar-refractivity contribution in [2.45, 2.75) is 109 Å². The van der Waals surface area contributed by atoms with Gasteiger partial charge in [0.05, 0.1) is 21.3 Å². The van der Waals surface area contributed by atoms with Crippen molar-refractivity contribution in [3.8, 4) is 17.1 Å². The number of hydrogen-bond donors (Lipinski definition) is 1. The van der Waals surface area contributed by atoms with Gasteiger partial charge in [0.25, 0.3) is 0 Å². The van der Waals surface area contributed by atoms with Gasteiger partial charge >= 0.3 is 18.2 Å². The number of aromatic nitrogens is 5. The third kappa shape index (κ3) is 6.95. The minimum Gasteiger partial charge on any atom is -0.461 e. The fourth-order valence-corrected chi connectivity index (χ4v) is 9.99. The molecule has 4 saturated heterocycles. The van der Waals surface area contributed by atoms with Gasteiger partial charge in [-0.25, -0.2) is 28.3 Å². The Labute approximate surface area is 332 Å². The molecule has 302 valence electrons. The average Bonchev–Trinajstić information content (AvgIpc) is 3.94. The van der Waals surface area contributed by atoms with Gasteiger partial charge in [-0.05, 0) is 92.0 Å². The van der Waals surface area contributed by atoms with Crippen LogP contribution >= 0.6 is 11.3 Å². The molecule has 4 aliphatic rings. The highest BCUT2D eigenvalue weighted by molar-refractivity contribution is 7.22. The van der Waals surface area contributed by atoms with Crippen LogP contribution in [0.25, 0.3) is 38.0 Å². The molecule has 0 unspecified atom stereocenters. The first-order chi connectivity index (χ1) is 27.0. The molecule has 4 aliphatic heterocycles. The Morgan fingerprint density at radius 3 is 2.49 bits per heavy atom. The van der Waals surface area contributed by atoms with Crippen molar-refractivity contribution < 1.29 is 32.6 Å². The lowest BCUT2D eigenvalue weighted by molar-refractivity contribution is 0.0209. The molecule has 4 fully saturated rings. The minimum absolute atomic E-state index is 0.0471. The zero-order valence-electron chi connectivity index (χ0n) is 33.0. The number of alkyl halides is 1. The van der Waals surface area contributed by atoms with Crippen LogP contribution in [0.5, 0.6) is 6.01 Å². The number of carbonyl (C=O) groups is 2. The van der Waals surface area contributed by atoms with Crippen molar-refractivity contribution in [3.63, 3.8) is 0 Å². The SMILES string of the molecule is CC(C)(C)OC(=O)Nc1nc2c(-c3cc4nc(OC[C@@]56CCCN5C[C@H](F)C6)nc(N5[C@@H]6CC[C@H]5CN(C(=O)OC(C)(C)C)C6)c4n4ccnc34)ccc(F)c2s1. The number of nitrogens with zero attached hydrogens (tertiary/aromatic N) is 8. The quantitative estimate of drug-likeness (QED) is 0.182. The van der Waals surface area contributed by atoms with Gasteiger partial charge in [0.1, 0.15) is 41.0 Å². The third-order valence-corrected chi connectivity index (χ3v) is 12.3. The standard InChI is InChI=1S/C40H47F2N9O5S/c1-38(2,3)55-36(52)47-35-45-29-25(10-11-27(42)31(29)57-35)26-16-28-30(50-15-13-43-32(26)50)33(46-34(44-28)54-21-40-12-7-14-49(40)18-22(41)17-40)51-23-8-9-24(51)20-48(19-23)37(53)56-39(4,5)6/h10-11,13,15-16,22-24H,7-9,12,14,17-21H2,1-6H3,(H,45,47,52)/t22-,23-,24+,40+/m1/s1.